The van der Waals surface area contributed by atoms with E-state index in [0.29, 0.717) is 6.54 Å². The van der Waals surface area contributed by atoms with Crippen molar-refractivity contribution in [3.8, 4) is 21.8 Å². The second kappa shape index (κ2) is 6.65. The Kier molecular flexibility index (Phi) is 4.62. The number of nitrogens with zero attached hydrogens (tertiary/aromatic N) is 1. The van der Waals surface area contributed by atoms with Crippen molar-refractivity contribution in [1.29, 1.82) is 0 Å². The first kappa shape index (κ1) is 15.3. The van der Waals surface area contributed by atoms with E-state index in [1.54, 1.807) is 23.1 Å². The molecule has 3 rings (SSSR count). The third kappa shape index (κ3) is 2.95. The van der Waals surface area contributed by atoms with Gasteiger partial charge in [0, 0.05) is 27.4 Å². The minimum atomic E-state index is 0.534. The summed E-state index contributed by atoms with van der Waals surface area (Å²) < 4.78 is 0. The maximum atomic E-state index is 5.85. The standard InChI is InChI=1S/C18H18N2S2/c1-12-17(13-7-9-15(21-2)10-8-13)20-18(22-12)16-6-4-3-5-14(16)11-19/h3-10H,11,19H2,1-2H3. The van der Waals surface area contributed by atoms with Crippen LogP contribution in [0.15, 0.2) is 53.4 Å². The summed E-state index contributed by atoms with van der Waals surface area (Å²) in [5.74, 6) is 0. The first-order valence-electron chi connectivity index (χ1n) is 7.13. The van der Waals surface area contributed by atoms with Gasteiger partial charge in [0.05, 0.1) is 5.69 Å². The number of thioether (sulfide) groups is 1. The zero-order valence-electron chi connectivity index (χ0n) is 12.7. The summed E-state index contributed by atoms with van der Waals surface area (Å²) in [6.45, 7) is 2.66. The summed E-state index contributed by atoms with van der Waals surface area (Å²) in [6.07, 6.45) is 2.09. The molecule has 22 heavy (non-hydrogen) atoms. The Morgan fingerprint density at radius 1 is 1.09 bits per heavy atom. The van der Waals surface area contributed by atoms with Crippen LogP contribution in [0.25, 0.3) is 21.8 Å². The van der Waals surface area contributed by atoms with Crippen molar-refractivity contribution in [2.75, 3.05) is 6.26 Å². The monoisotopic (exact) mass is 326 g/mol. The van der Waals surface area contributed by atoms with Gasteiger partial charge in [0.2, 0.25) is 0 Å². The predicted octanol–water partition coefficient (Wildman–Crippen LogP) is 4.97. The summed E-state index contributed by atoms with van der Waals surface area (Å²) in [5.41, 5.74) is 10.4. The molecule has 2 nitrogen and oxygen atoms in total. The summed E-state index contributed by atoms with van der Waals surface area (Å²) in [5, 5.41) is 1.04. The van der Waals surface area contributed by atoms with Crippen molar-refractivity contribution in [1.82, 2.24) is 4.98 Å². The number of hydrogen-bond donors (Lipinski definition) is 1. The number of aromatic nitrogens is 1. The zero-order chi connectivity index (χ0) is 15.5. The van der Waals surface area contributed by atoms with Gasteiger partial charge in [0.1, 0.15) is 5.01 Å². The van der Waals surface area contributed by atoms with Gasteiger partial charge in [-0.25, -0.2) is 4.98 Å². The Morgan fingerprint density at radius 3 is 2.50 bits per heavy atom. The molecule has 4 heteroatoms. The molecule has 0 saturated carbocycles. The number of rotatable bonds is 4. The largest absolute Gasteiger partial charge is 0.326 e. The maximum absolute atomic E-state index is 5.85. The molecule has 0 aliphatic heterocycles. The Morgan fingerprint density at radius 2 is 1.82 bits per heavy atom. The van der Waals surface area contributed by atoms with E-state index in [2.05, 4.69) is 49.6 Å². The van der Waals surface area contributed by atoms with E-state index in [9.17, 15) is 0 Å². The van der Waals surface area contributed by atoms with Crippen LogP contribution in [0, 0.1) is 6.92 Å². The summed E-state index contributed by atoms with van der Waals surface area (Å²) >= 11 is 3.48. The highest BCUT2D eigenvalue weighted by atomic mass is 32.2. The minimum Gasteiger partial charge on any atom is -0.326 e. The molecule has 1 aromatic heterocycles. The molecule has 0 saturated heterocycles. The Hall–Kier alpha value is -1.62. The first-order valence-corrected chi connectivity index (χ1v) is 9.17. The van der Waals surface area contributed by atoms with Gasteiger partial charge in [-0.15, -0.1) is 23.1 Å². The molecule has 0 spiro atoms. The third-order valence-corrected chi connectivity index (χ3v) is 5.38. The molecule has 0 aliphatic rings. The highest BCUT2D eigenvalue weighted by Crippen LogP contribution is 2.35. The minimum absolute atomic E-state index is 0.534. The van der Waals surface area contributed by atoms with E-state index in [-0.39, 0.29) is 0 Å². The lowest BCUT2D eigenvalue weighted by Crippen LogP contribution is -1.98. The lowest BCUT2D eigenvalue weighted by molar-refractivity contribution is 1.07. The third-order valence-electron chi connectivity index (χ3n) is 3.63. The van der Waals surface area contributed by atoms with Crippen LogP contribution in [0.3, 0.4) is 0 Å². The van der Waals surface area contributed by atoms with Gasteiger partial charge < -0.3 is 5.73 Å². The molecule has 3 aromatic rings. The summed E-state index contributed by atoms with van der Waals surface area (Å²) in [4.78, 5) is 7.37. The van der Waals surface area contributed by atoms with Gasteiger partial charge in [0.25, 0.3) is 0 Å². The normalized spacial score (nSPS) is 10.9. The van der Waals surface area contributed by atoms with Gasteiger partial charge in [-0.05, 0) is 30.9 Å². The molecule has 0 bridgehead atoms. The Labute approximate surface area is 139 Å². The number of benzene rings is 2. The Bertz CT molecular complexity index is 776. The molecule has 0 aliphatic carbocycles. The molecule has 0 amide bonds. The molecule has 112 valence electrons. The van der Waals surface area contributed by atoms with Crippen LogP contribution < -0.4 is 5.73 Å². The van der Waals surface area contributed by atoms with E-state index in [0.717, 1.165) is 21.8 Å². The van der Waals surface area contributed by atoms with Crippen molar-refractivity contribution in [2.24, 2.45) is 5.73 Å². The van der Waals surface area contributed by atoms with Crippen molar-refractivity contribution >= 4 is 23.1 Å². The molecule has 0 atom stereocenters. The average molecular weight is 326 g/mol. The van der Waals surface area contributed by atoms with Crippen molar-refractivity contribution in [3.63, 3.8) is 0 Å². The second-order valence-electron chi connectivity index (χ2n) is 5.01. The van der Waals surface area contributed by atoms with Gasteiger partial charge in [-0.1, -0.05) is 36.4 Å². The Balaban J connectivity index is 2.03. The van der Waals surface area contributed by atoms with Crippen molar-refractivity contribution in [2.45, 2.75) is 18.4 Å². The van der Waals surface area contributed by atoms with Gasteiger partial charge in [-0.2, -0.15) is 0 Å². The fraction of sp³-hybridized carbons (Fsp3) is 0.167. The molecule has 1 heterocycles. The SMILES string of the molecule is CSc1ccc(-c2nc(-c3ccccc3CN)sc2C)cc1. The second-order valence-corrected chi connectivity index (χ2v) is 7.10. The summed E-state index contributed by atoms with van der Waals surface area (Å²) in [7, 11) is 0. The van der Waals surface area contributed by atoms with Crippen LogP contribution in [-0.2, 0) is 6.54 Å². The van der Waals surface area contributed by atoms with Crippen LogP contribution in [0.1, 0.15) is 10.4 Å². The maximum Gasteiger partial charge on any atom is 0.124 e. The number of thiazole rings is 1. The van der Waals surface area contributed by atoms with Crippen LogP contribution in [0.4, 0.5) is 0 Å². The van der Waals surface area contributed by atoms with Crippen molar-refractivity contribution < 1.29 is 0 Å². The molecule has 2 N–H and O–H groups in total. The molecule has 0 unspecified atom stereocenters. The molecule has 0 radical (unpaired) electrons. The number of hydrogen-bond acceptors (Lipinski definition) is 4. The van der Waals surface area contributed by atoms with E-state index in [4.69, 9.17) is 10.7 Å². The van der Waals surface area contributed by atoms with Crippen LogP contribution >= 0.6 is 23.1 Å². The van der Waals surface area contributed by atoms with E-state index >= 15 is 0 Å². The van der Waals surface area contributed by atoms with Gasteiger partial charge in [0.15, 0.2) is 0 Å². The number of aryl methyl sites for hydroxylation is 1. The topological polar surface area (TPSA) is 38.9 Å². The van der Waals surface area contributed by atoms with E-state index in [1.165, 1.54) is 15.3 Å². The lowest BCUT2D eigenvalue weighted by Gasteiger charge is -2.03. The average Bonchev–Trinajstić information content (AvgIpc) is 2.96. The highest BCUT2D eigenvalue weighted by molar-refractivity contribution is 7.98. The molecule has 2 aromatic carbocycles. The molecular formula is C18H18N2S2. The van der Waals surface area contributed by atoms with Crippen LogP contribution in [-0.4, -0.2) is 11.2 Å². The van der Waals surface area contributed by atoms with Gasteiger partial charge in [-0.3, -0.25) is 0 Å². The van der Waals surface area contributed by atoms with Crippen LogP contribution in [0.5, 0.6) is 0 Å². The first-order chi connectivity index (χ1) is 10.7. The summed E-state index contributed by atoms with van der Waals surface area (Å²) in [6, 6.07) is 16.8. The zero-order valence-corrected chi connectivity index (χ0v) is 14.3. The van der Waals surface area contributed by atoms with Crippen molar-refractivity contribution in [3.05, 3.63) is 59.0 Å². The van der Waals surface area contributed by atoms with E-state index < -0.39 is 0 Å². The van der Waals surface area contributed by atoms with E-state index in [1.807, 2.05) is 12.1 Å². The fourth-order valence-corrected chi connectivity index (χ4v) is 3.84. The lowest BCUT2D eigenvalue weighted by atomic mass is 10.1. The van der Waals surface area contributed by atoms with Crippen LogP contribution in [0.2, 0.25) is 0 Å². The molecule has 0 fully saturated rings. The highest BCUT2D eigenvalue weighted by Gasteiger charge is 2.13. The quantitative estimate of drug-likeness (QED) is 0.688. The molecular weight excluding hydrogens is 308 g/mol. The smallest absolute Gasteiger partial charge is 0.124 e. The number of nitrogens with two attached hydrogens (primary N) is 1. The predicted molar refractivity (Wildman–Crippen MR) is 97.4 cm³/mol. The fourth-order valence-electron chi connectivity index (χ4n) is 2.44. The van der Waals surface area contributed by atoms with Gasteiger partial charge >= 0.3 is 0 Å².